The number of aliphatic imine (C=N–C) groups is 1. The minimum atomic E-state index is 0. The summed E-state index contributed by atoms with van der Waals surface area (Å²) in [7, 11) is 1.78. The van der Waals surface area contributed by atoms with E-state index in [9.17, 15) is 4.79 Å². The molecular weight excluding hydrogens is 427 g/mol. The largest absolute Gasteiger partial charge is 0.356 e. The van der Waals surface area contributed by atoms with Gasteiger partial charge in [0.15, 0.2) is 5.96 Å². The number of guanidine groups is 1. The zero-order valence-corrected chi connectivity index (χ0v) is 18.2. The highest BCUT2D eigenvalue weighted by Gasteiger charge is 2.22. The molecule has 0 aromatic carbocycles. The second-order valence-electron chi connectivity index (χ2n) is 6.97. The van der Waals surface area contributed by atoms with Gasteiger partial charge in [0.05, 0.1) is 0 Å². The maximum absolute atomic E-state index is 12.3. The van der Waals surface area contributed by atoms with E-state index in [1.165, 1.54) is 32.1 Å². The molecule has 1 saturated heterocycles. The second-order valence-corrected chi connectivity index (χ2v) is 6.97. The molecule has 1 fully saturated rings. The number of halogens is 1. The number of rotatable bonds is 6. The van der Waals surface area contributed by atoms with E-state index in [-0.39, 0.29) is 29.9 Å². The lowest BCUT2D eigenvalue weighted by atomic mass is 9.97. The van der Waals surface area contributed by atoms with Gasteiger partial charge in [0.2, 0.25) is 5.91 Å². The Morgan fingerprint density at radius 1 is 1.24 bits per heavy atom. The van der Waals surface area contributed by atoms with E-state index >= 15 is 0 Å². The fraction of sp³-hybridized carbons (Fsp3) is 0.789. The van der Waals surface area contributed by atoms with Gasteiger partial charge in [-0.3, -0.25) is 9.79 Å². The molecule has 1 aliphatic carbocycles. The van der Waals surface area contributed by atoms with Crippen molar-refractivity contribution in [1.29, 1.82) is 0 Å². The van der Waals surface area contributed by atoms with Gasteiger partial charge in [-0.25, -0.2) is 0 Å². The Balaban J connectivity index is 0.00000312. The fourth-order valence-electron chi connectivity index (χ4n) is 3.59. The third-order valence-electron chi connectivity index (χ3n) is 5.10. The molecule has 0 aromatic rings. The predicted molar refractivity (Wildman–Crippen MR) is 116 cm³/mol. The number of nitrogens with zero attached hydrogens (tertiary/aromatic N) is 2. The Hall–Kier alpha value is -0.790. The summed E-state index contributed by atoms with van der Waals surface area (Å²) in [5, 5.41) is 6.62. The van der Waals surface area contributed by atoms with Gasteiger partial charge in [0, 0.05) is 39.1 Å². The van der Waals surface area contributed by atoms with Crippen molar-refractivity contribution in [2.75, 3.05) is 26.7 Å². The highest BCUT2D eigenvalue weighted by Crippen LogP contribution is 2.19. The van der Waals surface area contributed by atoms with E-state index in [4.69, 9.17) is 0 Å². The van der Waals surface area contributed by atoms with E-state index in [1.807, 2.05) is 4.90 Å². The van der Waals surface area contributed by atoms with Crippen LogP contribution in [0.25, 0.3) is 0 Å². The Kier molecular flexibility index (Phi) is 11.2. The van der Waals surface area contributed by atoms with Crippen LogP contribution in [0.15, 0.2) is 16.6 Å². The molecule has 25 heavy (non-hydrogen) atoms. The summed E-state index contributed by atoms with van der Waals surface area (Å²) >= 11 is 0. The maximum Gasteiger partial charge on any atom is 0.224 e. The number of carbonyl (C=O) groups excluding carboxylic acids is 1. The lowest BCUT2D eigenvalue weighted by Gasteiger charge is -2.33. The molecule has 6 heteroatoms. The van der Waals surface area contributed by atoms with Crippen LogP contribution in [0.4, 0.5) is 0 Å². The minimum absolute atomic E-state index is 0. The van der Waals surface area contributed by atoms with Crippen LogP contribution in [0.3, 0.4) is 0 Å². The van der Waals surface area contributed by atoms with Gasteiger partial charge in [-0.2, -0.15) is 0 Å². The summed E-state index contributed by atoms with van der Waals surface area (Å²) in [6, 6.07) is 0.396. The number of allylic oxidation sites excluding steroid dienone is 1. The van der Waals surface area contributed by atoms with Crippen LogP contribution in [-0.4, -0.2) is 49.5 Å². The van der Waals surface area contributed by atoms with Crippen molar-refractivity contribution in [2.45, 2.75) is 70.8 Å². The SMILES string of the molecule is CN=C(NCCC(=O)N1CCCCC1C)NCCC1=CCCCC1.I. The van der Waals surface area contributed by atoms with Gasteiger partial charge in [-0.1, -0.05) is 11.6 Å². The molecule has 1 aliphatic heterocycles. The first kappa shape index (κ1) is 22.3. The molecule has 2 rings (SSSR count). The molecule has 0 bridgehead atoms. The molecule has 0 aromatic heterocycles. The van der Waals surface area contributed by atoms with Gasteiger partial charge in [0.1, 0.15) is 0 Å². The number of hydrogen-bond donors (Lipinski definition) is 2. The first-order chi connectivity index (χ1) is 11.7. The normalized spacial score (nSPS) is 21.2. The number of piperidine rings is 1. The third-order valence-corrected chi connectivity index (χ3v) is 5.10. The van der Waals surface area contributed by atoms with Crippen LogP contribution in [0.2, 0.25) is 0 Å². The van der Waals surface area contributed by atoms with Gasteiger partial charge in [-0.15, -0.1) is 24.0 Å². The number of amides is 1. The second kappa shape index (κ2) is 12.5. The highest BCUT2D eigenvalue weighted by molar-refractivity contribution is 14.0. The zero-order chi connectivity index (χ0) is 17.2. The lowest BCUT2D eigenvalue weighted by molar-refractivity contribution is -0.134. The van der Waals surface area contributed by atoms with E-state index < -0.39 is 0 Å². The Labute approximate surface area is 170 Å². The third kappa shape index (κ3) is 7.96. The van der Waals surface area contributed by atoms with Crippen molar-refractivity contribution in [3.63, 3.8) is 0 Å². The van der Waals surface area contributed by atoms with Gasteiger partial charge < -0.3 is 15.5 Å². The lowest BCUT2D eigenvalue weighted by Crippen LogP contribution is -2.44. The van der Waals surface area contributed by atoms with Crippen LogP contribution >= 0.6 is 24.0 Å². The first-order valence-electron chi connectivity index (χ1n) is 9.62. The predicted octanol–water partition coefficient (Wildman–Crippen LogP) is 3.45. The number of nitrogens with one attached hydrogen (secondary N) is 2. The van der Waals surface area contributed by atoms with Gasteiger partial charge in [0.25, 0.3) is 0 Å². The van der Waals surface area contributed by atoms with Crippen LogP contribution in [0.1, 0.15) is 64.7 Å². The quantitative estimate of drug-likeness (QED) is 0.275. The van der Waals surface area contributed by atoms with E-state index in [0.29, 0.717) is 19.0 Å². The van der Waals surface area contributed by atoms with Crippen LogP contribution < -0.4 is 10.6 Å². The van der Waals surface area contributed by atoms with E-state index in [2.05, 4.69) is 28.6 Å². The molecule has 1 unspecified atom stereocenters. The van der Waals surface area contributed by atoms with Crippen molar-refractivity contribution in [2.24, 2.45) is 4.99 Å². The molecule has 1 heterocycles. The van der Waals surface area contributed by atoms with E-state index in [0.717, 1.165) is 38.3 Å². The van der Waals surface area contributed by atoms with Crippen molar-refractivity contribution < 1.29 is 4.79 Å². The smallest absolute Gasteiger partial charge is 0.224 e. The summed E-state index contributed by atoms with van der Waals surface area (Å²) in [4.78, 5) is 18.6. The Bertz CT molecular complexity index is 464. The minimum Gasteiger partial charge on any atom is -0.356 e. The van der Waals surface area contributed by atoms with Crippen LogP contribution in [0, 0.1) is 0 Å². The van der Waals surface area contributed by atoms with Gasteiger partial charge in [-0.05, 0) is 58.3 Å². The van der Waals surface area contributed by atoms with E-state index in [1.54, 1.807) is 12.6 Å². The average molecular weight is 462 g/mol. The Morgan fingerprint density at radius 3 is 2.72 bits per heavy atom. The molecule has 0 radical (unpaired) electrons. The average Bonchev–Trinajstić information content (AvgIpc) is 2.61. The molecule has 5 nitrogen and oxygen atoms in total. The zero-order valence-electron chi connectivity index (χ0n) is 15.9. The maximum atomic E-state index is 12.3. The summed E-state index contributed by atoms with van der Waals surface area (Å²) < 4.78 is 0. The summed E-state index contributed by atoms with van der Waals surface area (Å²) in [6.45, 7) is 4.63. The summed E-state index contributed by atoms with van der Waals surface area (Å²) in [5.74, 6) is 1.06. The number of hydrogen-bond acceptors (Lipinski definition) is 2. The molecule has 2 aliphatic rings. The standard InChI is InChI=1S/C19H34N4O.HI/c1-16-8-6-7-15-23(16)18(24)12-14-22-19(20-2)21-13-11-17-9-4-3-5-10-17;/h9,16H,3-8,10-15H2,1-2H3,(H2,20,21,22);1H. The Morgan fingerprint density at radius 2 is 2.04 bits per heavy atom. The van der Waals surface area contributed by atoms with Crippen molar-refractivity contribution in [3.05, 3.63) is 11.6 Å². The first-order valence-corrected chi connectivity index (χ1v) is 9.62. The molecule has 144 valence electrons. The molecule has 1 amide bonds. The molecule has 0 spiro atoms. The molecule has 0 saturated carbocycles. The summed E-state index contributed by atoms with van der Waals surface area (Å²) in [5.41, 5.74) is 1.57. The van der Waals surface area contributed by atoms with Crippen molar-refractivity contribution >= 4 is 35.8 Å². The van der Waals surface area contributed by atoms with Crippen molar-refractivity contribution in [1.82, 2.24) is 15.5 Å². The molecule has 1 atom stereocenters. The topological polar surface area (TPSA) is 56.7 Å². The monoisotopic (exact) mass is 462 g/mol. The van der Waals surface area contributed by atoms with Crippen LogP contribution in [0.5, 0.6) is 0 Å². The number of likely N-dealkylation sites (tertiary alicyclic amines) is 1. The highest BCUT2D eigenvalue weighted by atomic mass is 127. The molecule has 2 N–H and O–H groups in total. The van der Waals surface area contributed by atoms with Crippen molar-refractivity contribution in [3.8, 4) is 0 Å². The summed E-state index contributed by atoms with van der Waals surface area (Å²) in [6.07, 6.45) is 12.7. The fourth-order valence-corrected chi connectivity index (χ4v) is 3.59. The van der Waals surface area contributed by atoms with Crippen LogP contribution in [-0.2, 0) is 4.79 Å². The van der Waals surface area contributed by atoms with Gasteiger partial charge >= 0.3 is 0 Å². The molecular formula is C19H35IN4O. The number of carbonyl (C=O) groups is 1.